The second kappa shape index (κ2) is 6.36. The Bertz CT molecular complexity index is 563. The van der Waals surface area contributed by atoms with Crippen LogP contribution in [0.1, 0.15) is 28.2 Å². The SMILES string of the molecule is Cc1ccc(C(CN)Cc2ccccc2Br)c(C)c1. The van der Waals surface area contributed by atoms with Crippen LogP contribution in [0.4, 0.5) is 0 Å². The van der Waals surface area contributed by atoms with Crippen LogP contribution in [0.3, 0.4) is 0 Å². The highest BCUT2D eigenvalue weighted by molar-refractivity contribution is 9.10. The minimum Gasteiger partial charge on any atom is -0.330 e. The number of aryl methyl sites for hydroxylation is 2. The second-order valence-corrected chi connectivity index (χ2v) is 5.94. The third-order valence-electron chi connectivity index (χ3n) is 3.57. The van der Waals surface area contributed by atoms with E-state index in [1.807, 2.05) is 6.07 Å². The Morgan fingerprint density at radius 2 is 1.84 bits per heavy atom. The van der Waals surface area contributed by atoms with Gasteiger partial charge >= 0.3 is 0 Å². The van der Waals surface area contributed by atoms with Crippen LogP contribution in [0.2, 0.25) is 0 Å². The summed E-state index contributed by atoms with van der Waals surface area (Å²) in [6.45, 7) is 4.97. The summed E-state index contributed by atoms with van der Waals surface area (Å²) in [5.74, 6) is 0.374. The molecule has 0 aliphatic carbocycles. The fourth-order valence-electron chi connectivity index (χ4n) is 2.53. The number of rotatable bonds is 4. The monoisotopic (exact) mass is 317 g/mol. The van der Waals surface area contributed by atoms with Crippen molar-refractivity contribution >= 4 is 15.9 Å². The lowest BCUT2D eigenvalue weighted by Gasteiger charge is -2.19. The van der Waals surface area contributed by atoms with Crippen molar-refractivity contribution in [3.05, 3.63) is 69.2 Å². The zero-order valence-corrected chi connectivity index (χ0v) is 13.1. The van der Waals surface area contributed by atoms with Gasteiger partial charge in [0.15, 0.2) is 0 Å². The standard InChI is InChI=1S/C17H20BrN/c1-12-7-8-16(13(2)9-12)15(11-19)10-14-5-3-4-6-17(14)18/h3-9,15H,10-11,19H2,1-2H3. The van der Waals surface area contributed by atoms with Crippen LogP contribution in [0.15, 0.2) is 46.9 Å². The average molecular weight is 318 g/mol. The summed E-state index contributed by atoms with van der Waals surface area (Å²) < 4.78 is 1.17. The van der Waals surface area contributed by atoms with E-state index >= 15 is 0 Å². The number of hydrogen-bond acceptors (Lipinski definition) is 1. The third-order valence-corrected chi connectivity index (χ3v) is 4.35. The van der Waals surface area contributed by atoms with Crippen LogP contribution in [0.5, 0.6) is 0 Å². The number of benzene rings is 2. The van der Waals surface area contributed by atoms with Gasteiger partial charge in [-0.3, -0.25) is 0 Å². The van der Waals surface area contributed by atoms with Gasteiger partial charge in [0.1, 0.15) is 0 Å². The molecule has 0 saturated heterocycles. The maximum atomic E-state index is 5.99. The highest BCUT2D eigenvalue weighted by Crippen LogP contribution is 2.27. The molecule has 2 N–H and O–H groups in total. The average Bonchev–Trinajstić information content (AvgIpc) is 2.39. The molecule has 0 spiro atoms. The molecule has 0 saturated carbocycles. The van der Waals surface area contributed by atoms with Gasteiger partial charge < -0.3 is 5.73 Å². The lowest BCUT2D eigenvalue weighted by molar-refractivity contribution is 0.688. The van der Waals surface area contributed by atoms with Crippen molar-refractivity contribution in [2.45, 2.75) is 26.2 Å². The minimum absolute atomic E-state index is 0.374. The first-order valence-electron chi connectivity index (χ1n) is 6.62. The number of hydrogen-bond donors (Lipinski definition) is 1. The molecule has 0 amide bonds. The van der Waals surface area contributed by atoms with Gasteiger partial charge in [0, 0.05) is 10.4 Å². The molecule has 0 bridgehead atoms. The first-order valence-corrected chi connectivity index (χ1v) is 7.41. The zero-order valence-electron chi connectivity index (χ0n) is 11.5. The second-order valence-electron chi connectivity index (χ2n) is 5.09. The summed E-state index contributed by atoms with van der Waals surface area (Å²) >= 11 is 3.62. The Labute approximate surface area is 124 Å². The van der Waals surface area contributed by atoms with Crippen LogP contribution in [0, 0.1) is 13.8 Å². The predicted molar refractivity (Wildman–Crippen MR) is 85.6 cm³/mol. The van der Waals surface area contributed by atoms with Gasteiger partial charge in [-0.15, -0.1) is 0 Å². The Morgan fingerprint density at radius 1 is 1.11 bits per heavy atom. The molecule has 1 unspecified atom stereocenters. The Morgan fingerprint density at radius 3 is 2.47 bits per heavy atom. The van der Waals surface area contributed by atoms with Gasteiger partial charge in [-0.2, -0.15) is 0 Å². The van der Waals surface area contributed by atoms with E-state index in [1.165, 1.54) is 26.7 Å². The normalized spacial score (nSPS) is 12.4. The summed E-state index contributed by atoms with van der Waals surface area (Å²) in [4.78, 5) is 0. The van der Waals surface area contributed by atoms with Crippen molar-refractivity contribution in [3.8, 4) is 0 Å². The predicted octanol–water partition coefficient (Wildman–Crippen LogP) is 4.35. The van der Waals surface area contributed by atoms with Crippen LogP contribution >= 0.6 is 15.9 Å². The summed E-state index contributed by atoms with van der Waals surface area (Å²) in [5.41, 5.74) is 11.3. The topological polar surface area (TPSA) is 26.0 Å². The quantitative estimate of drug-likeness (QED) is 0.891. The van der Waals surface area contributed by atoms with E-state index in [4.69, 9.17) is 5.73 Å². The summed E-state index contributed by atoms with van der Waals surface area (Å²) in [7, 11) is 0. The van der Waals surface area contributed by atoms with Crippen molar-refractivity contribution in [1.82, 2.24) is 0 Å². The summed E-state index contributed by atoms with van der Waals surface area (Å²) in [5, 5.41) is 0. The van der Waals surface area contributed by atoms with Crippen LogP contribution in [0.25, 0.3) is 0 Å². The maximum absolute atomic E-state index is 5.99. The molecule has 1 atom stereocenters. The van der Waals surface area contributed by atoms with E-state index in [2.05, 4.69) is 66.2 Å². The molecule has 0 aromatic heterocycles. The van der Waals surface area contributed by atoms with Crippen molar-refractivity contribution in [2.24, 2.45) is 5.73 Å². The van der Waals surface area contributed by atoms with Gasteiger partial charge in [-0.1, -0.05) is 57.9 Å². The van der Waals surface area contributed by atoms with E-state index in [0.29, 0.717) is 12.5 Å². The first-order chi connectivity index (χ1) is 9.11. The Balaban J connectivity index is 2.28. The molecule has 0 radical (unpaired) electrons. The molecule has 2 aromatic carbocycles. The van der Waals surface area contributed by atoms with Crippen molar-refractivity contribution in [2.75, 3.05) is 6.54 Å². The van der Waals surface area contributed by atoms with E-state index in [1.54, 1.807) is 0 Å². The Kier molecular flexibility index (Phi) is 4.78. The van der Waals surface area contributed by atoms with Crippen molar-refractivity contribution in [1.29, 1.82) is 0 Å². The highest BCUT2D eigenvalue weighted by Gasteiger charge is 2.14. The lowest BCUT2D eigenvalue weighted by Crippen LogP contribution is -2.16. The Hall–Kier alpha value is -1.12. The molecule has 0 aliphatic rings. The fourth-order valence-corrected chi connectivity index (χ4v) is 2.98. The molecule has 100 valence electrons. The molecule has 0 heterocycles. The smallest absolute Gasteiger partial charge is 0.0207 e. The van der Waals surface area contributed by atoms with Gasteiger partial charge in [0.05, 0.1) is 0 Å². The number of halogens is 1. The van der Waals surface area contributed by atoms with Crippen LogP contribution < -0.4 is 5.73 Å². The molecule has 19 heavy (non-hydrogen) atoms. The molecule has 2 aromatic rings. The zero-order chi connectivity index (χ0) is 13.8. The van der Waals surface area contributed by atoms with E-state index < -0.39 is 0 Å². The van der Waals surface area contributed by atoms with Crippen molar-refractivity contribution < 1.29 is 0 Å². The molecule has 0 fully saturated rings. The van der Waals surface area contributed by atoms with Gasteiger partial charge in [-0.05, 0) is 49.6 Å². The largest absolute Gasteiger partial charge is 0.330 e. The minimum atomic E-state index is 0.374. The first kappa shape index (κ1) is 14.3. The van der Waals surface area contributed by atoms with Crippen molar-refractivity contribution in [3.63, 3.8) is 0 Å². The van der Waals surface area contributed by atoms with Gasteiger partial charge in [0.25, 0.3) is 0 Å². The number of nitrogens with two attached hydrogens (primary N) is 1. The highest BCUT2D eigenvalue weighted by atomic mass is 79.9. The van der Waals surface area contributed by atoms with E-state index in [0.717, 1.165) is 6.42 Å². The van der Waals surface area contributed by atoms with E-state index in [-0.39, 0.29) is 0 Å². The third kappa shape index (κ3) is 3.46. The van der Waals surface area contributed by atoms with Gasteiger partial charge in [-0.25, -0.2) is 0 Å². The fraction of sp³-hybridized carbons (Fsp3) is 0.294. The van der Waals surface area contributed by atoms with Crippen LogP contribution in [-0.4, -0.2) is 6.54 Å². The summed E-state index contributed by atoms with van der Waals surface area (Å²) in [6, 6.07) is 15.0. The molecule has 1 nitrogen and oxygen atoms in total. The molecular formula is C17H20BrN. The van der Waals surface area contributed by atoms with Gasteiger partial charge in [0.2, 0.25) is 0 Å². The van der Waals surface area contributed by atoms with Crippen LogP contribution in [-0.2, 0) is 6.42 Å². The molecular weight excluding hydrogens is 298 g/mol. The van der Waals surface area contributed by atoms with E-state index in [9.17, 15) is 0 Å². The lowest BCUT2D eigenvalue weighted by atomic mass is 9.88. The molecule has 0 aliphatic heterocycles. The molecule has 2 rings (SSSR count). The summed E-state index contributed by atoms with van der Waals surface area (Å²) in [6.07, 6.45) is 0.974. The maximum Gasteiger partial charge on any atom is 0.0207 e. The molecule has 2 heteroatoms.